The molecule has 0 saturated heterocycles. The number of rotatable bonds is 4. The second-order valence-corrected chi connectivity index (χ2v) is 5.90. The van der Waals surface area contributed by atoms with Crippen molar-refractivity contribution in [3.8, 4) is 17.2 Å². The summed E-state index contributed by atoms with van der Waals surface area (Å²) < 4.78 is 128. The Morgan fingerprint density at radius 2 is 1.32 bits per heavy atom. The van der Waals surface area contributed by atoms with Gasteiger partial charge in [-0.1, -0.05) is 0 Å². The molecule has 0 saturated carbocycles. The molecule has 31 heavy (non-hydrogen) atoms. The van der Waals surface area contributed by atoms with Gasteiger partial charge in [-0.15, -0.1) is 0 Å². The van der Waals surface area contributed by atoms with Crippen LogP contribution in [-0.2, 0) is 23.3 Å². The number of esters is 1. The molecule has 0 unspecified atom stereocenters. The van der Waals surface area contributed by atoms with Crippen LogP contribution < -0.4 is 4.74 Å². The third-order valence-electron chi connectivity index (χ3n) is 3.70. The molecule has 4 nitrogen and oxygen atoms in total. The lowest BCUT2D eigenvalue weighted by atomic mass is 10.0. The van der Waals surface area contributed by atoms with Crippen LogP contribution >= 0.6 is 0 Å². The van der Waals surface area contributed by atoms with Gasteiger partial charge in [0.1, 0.15) is 17.1 Å². The lowest BCUT2D eigenvalue weighted by Crippen LogP contribution is -2.17. The van der Waals surface area contributed by atoms with E-state index in [1.165, 1.54) is 6.92 Å². The van der Waals surface area contributed by atoms with E-state index in [-0.39, 0.29) is 24.8 Å². The smallest absolute Gasteiger partial charge is 0.420 e. The fraction of sp³-hybridized carbons (Fsp3) is 0.278. The Morgan fingerprint density at radius 3 is 1.74 bits per heavy atom. The van der Waals surface area contributed by atoms with Crippen LogP contribution in [0.2, 0.25) is 0 Å². The molecule has 0 radical (unpaired) electrons. The molecule has 2 rings (SSSR count). The van der Waals surface area contributed by atoms with Crippen molar-refractivity contribution < 1.29 is 58.9 Å². The number of aromatic hydroxyl groups is 1. The van der Waals surface area contributed by atoms with E-state index in [1.807, 2.05) is 0 Å². The first kappa shape index (κ1) is 24.2. The summed E-state index contributed by atoms with van der Waals surface area (Å²) >= 11 is 0. The summed E-state index contributed by atoms with van der Waals surface area (Å²) in [4.78, 5) is 11.7. The first-order chi connectivity index (χ1) is 14.1. The summed E-state index contributed by atoms with van der Waals surface area (Å²) in [5.74, 6) is -5.73. The SMILES string of the molecule is CCOC(=O)c1cc(C(F)(F)F)c(Oc2ccc(O)c(C(F)(F)F)c2)c(C(F)(F)F)c1. The summed E-state index contributed by atoms with van der Waals surface area (Å²) in [7, 11) is 0. The zero-order chi connectivity index (χ0) is 23.8. The molecule has 0 amide bonds. The van der Waals surface area contributed by atoms with Gasteiger partial charge >= 0.3 is 24.5 Å². The highest BCUT2D eigenvalue weighted by atomic mass is 19.4. The average Bonchev–Trinajstić information content (AvgIpc) is 2.60. The van der Waals surface area contributed by atoms with Crippen molar-refractivity contribution in [1.29, 1.82) is 0 Å². The maximum absolute atomic E-state index is 13.5. The Kier molecular flexibility index (Phi) is 6.38. The minimum Gasteiger partial charge on any atom is -0.507 e. The van der Waals surface area contributed by atoms with Gasteiger partial charge in [0.05, 0.1) is 23.3 Å². The standard InChI is InChI=1S/C18H11F9O4/c1-2-30-15(29)8-5-11(17(22,23)24)14(12(6-8)18(25,26)27)31-9-3-4-13(28)10(7-9)16(19,20)21/h3-7,28H,2H2,1H3. The van der Waals surface area contributed by atoms with E-state index >= 15 is 0 Å². The Hall–Kier alpha value is -3.12. The average molecular weight is 462 g/mol. The highest BCUT2D eigenvalue weighted by Gasteiger charge is 2.44. The molecule has 170 valence electrons. The van der Waals surface area contributed by atoms with Gasteiger partial charge in [0, 0.05) is 0 Å². The van der Waals surface area contributed by atoms with Crippen LogP contribution in [0.1, 0.15) is 34.0 Å². The summed E-state index contributed by atoms with van der Waals surface area (Å²) in [6, 6.07) is 1.05. The molecule has 0 aliphatic heterocycles. The van der Waals surface area contributed by atoms with Crippen LogP contribution in [0.5, 0.6) is 17.2 Å². The third-order valence-corrected chi connectivity index (χ3v) is 3.70. The monoisotopic (exact) mass is 462 g/mol. The summed E-state index contributed by atoms with van der Waals surface area (Å²) in [6.45, 7) is 0.932. The van der Waals surface area contributed by atoms with Gasteiger partial charge in [0.25, 0.3) is 0 Å². The molecule has 0 spiro atoms. The van der Waals surface area contributed by atoms with E-state index < -0.39 is 64.0 Å². The number of carbonyl (C=O) groups excluding carboxylic acids is 1. The van der Waals surface area contributed by atoms with Crippen molar-refractivity contribution in [2.24, 2.45) is 0 Å². The van der Waals surface area contributed by atoms with E-state index in [0.717, 1.165) is 0 Å². The van der Waals surface area contributed by atoms with Gasteiger partial charge in [-0.05, 0) is 37.3 Å². The second-order valence-electron chi connectivity index (χ2n) is 5.90. The topological polar surface area (TPSA) is 55.8 Å². The van der Waals surface area contributed by atoms with Gasteiger partial charge < -0.3 is 14.6 Å². The van der Waals surface area contributed by atoms with Gasteiger partial charge in [-0.3, -0.25) is 0 Å². The molecule has 2 aromatic carbocycles. The van der Waals surface area contributed by atoms with E-state index in [2.05, 4.69) is 9.47 Å². The number of phenols is 1. The lowest BCUT2D eigenvalue weighted by molar-refractivity contribution is -0.145. The fourth-order valence-electron chi connectivity index (χ4n) is 2.42. The van der Waals surface area contributed by atoms with Crippen LogP contribution in [0, 0.1) is 0 Å². The molecule has 0 atom stereocenters. The zero-order valence-corrected chi connectivity index (χ0v) is 15.2. The number of alkyl halides is 9. The number of phenolic OH excluding ortho intramolecular Hbond substituents is 1. The number of ether oxygens (including phenoxy) is 2. The van der Waals surface area contributed by atoms with Crippen molar-refractivity contribution in [2.75, 3.05) is 6.61 Å². The first-order valence-corrected chi connectivity index (χ1v) is 8.13. The normalized spacial score (nSPS) is 12.6. The predicted molar refractivity (Wildman–Crippen MR) is 85.6 cm³/mol. The van der Waals surface area contributed by atoms with Crippen LogP contribution in [-0.4, -0.2) is 17.7 Å². The molecule has 0 aliphatic rings. The van der Waals surface area contributed by atoms with Gasteiger partial charge in [0.15, 0.2) is 5.75 Å². The van der Waals surface area contributed by atoms with Crippen LogP contribution in [0.3, 0.4) is 0 Å². The van der Waals surface area contributed by atoms with E-state index in [1.54, 1.807) is 0 Å². The van der Waals surface area contributed by atoms with Crippen LogP contribution in [0.15, 0.2) is 30.3 Å². The first-order valence-electron chi connectivity index (χ1n) is 8.13. The Labute approximate surface area is 167 Å². The van der Waals surface area contributed by atoms with Crippen molar-refractivity contribution in [1.82, 2.24) is 0 Å². The minimum atomic E-state index is -5.48. The van der Waals surface area contributed by atoms with Crippen molar-refractivity contribution >= 4 is 5.97 Å². The molecule has 1 N–H and O–H groups in total. The van der Waals surface area contributed by atoms with E-state index in [0.29, 0.717) is 12.1 Å². The minimum absolute atomic E-state index is 0.0354. The van der Waals surface area contributed by atoms with Crippen LogP contribution in [0.25, 0.3) is 0 Å². The number of hydrogen-bond acceptors (Lipinski definition) is 4. The van der Waals surface area contributed by atoms with Gasteiger partial charge in [-0.2, -0.15) is 39.5 Å². The maximum Gasteiger partial charge on any atom is 0.420 e. The Morgan fingerprint density at radius 1 is 0.839 bits per heavy atom. The number of halogens is 9. The molecular formula is C18H11F9O4. The second kappa shape index (κ2) is 8.19. The molecule has 2 aromatic rings. The Balaban J connectivity index is 2.75. The third kappa shape index (κ3) is 5.52. The number of carbonyl (C=O) groups is 1. The lowest BCUT2D eigenvalue weighted by Gasteiger charge is -2.21. The molecule has 13 heteroatoms. The van der Waals surface area contributed by atoms with E-state index in [4.69, 9.17) is 0 Å². The molecule has 0 bridgehead atoms. The summed E-state index contributed by atoms with van der Waals surface area (Å²) in [5, 5.41) is 9.27. The fourth-order valence-corrected chi connectivity index (χ4v) is 2.42. The maximum atomic E-state index is 13.5. The molecule has 0 aliphatic carbocycles. The van der Waals surface area contributed by atoms with Crippen molar-refractivity contribution in [3.63, 3.8) is 0 Å². The van der Waals surface area contributed by atoms with Crippen molar-refractivity contribution in [2.45, 2.75) is 25.5 Å². The molecule has 0 fully saturated rings. The number of hydrogen-bond donors (Lipinski definition) is 1. The molecule has 0 aromatic heterocycles. The highest BCUT2D eigenvalue weighted by Crippen LogP contribution is 2.47. The van der Waals surface area contributed by atoms with E-state index in [9.17, 15) is 49.4 Å². The molecular weight excluding hydrogens is 451 g/mol. The van der Waals surface area contributed by atoms with Crippen LogP contribution in [0.4, 0.5) is 39.5 Å². The van der Waals surface area contributed by atoms with Crippen molar-refractivity contribution in [3.05, 3.63) is 52.6 Å². The van der Waals surface area contributed by atoms with Gasteiger partial charge in [-0.25, -0.2) is 4.79 Å². The largest absolute Gasteiger partial charge is 0.507 e. The van der Waals surface area contributed by atoms with Gasteiger partial charge in [0.2, 0.25) is 0 Å². The molecule has 0 heterocycles. The summed E-state index contributed by atoms with van der Waals surface area (Å²) in [6.07, 6.45) is -16.1. The predicted octanol–water partition coefficient (Wildman–Crippen LogP) is 6.42. The Bertz CT molecular complexity index is 940. The summed E-state index contributed by atoms with van der Waals surface area (Å²) in [5.41, 5.74) is -6.95. The highest BCUT2D eigenvalue weighted by molar-refractivity contribution is 5.90. The number of benzene rings is 2. The zero-order valence-electron chi connectivity index (χ0n) is 15.2. The quantitative estimate of drug-likeness (QED) is 0.421.